The van der Waals surface area contributed by atoms with Crippen molar-refractivity contribution in [2.24, 2.45) is 0 Å². The second-order valence-corrected chi connectivity index (χ2v) is 6.86. The minimum Gasteiger partial charge on any atom is -0.493 e. The number of halogens is 1. The van der Waals surface area contributed by atoms with Gasteiger partial charge in [0.05, 0.1) is 13.7 Å². The maximum absolute atomic E-state index is 9.39. The zero-order chi connectivity index (χ0) is 18.2. The number of aryl methyl sites for hydroxylation is 1. The number of ether oxygens (including phenoxy) is 2. The van der Waals surface area contributed by atoms with Crippen LogP contribution in [-0.4, -0.2) is 24.9 Å². The third-order valence-electron chi connectivity index (χ3n) is 4.13. The van der Waals surface area contributed by atoms with Crippen molar-refractivity contribution in [1.82, 2.24) is 5.32 Å². The molecule has 5 heteroatoms. The Morgan fingerprint density at radius 1 is 1.24 bits per heavy atom. The molecule has 25 heavy (non-hydrogen) atoms. The molecule has 2 rings (SSSR count). The number of aliphatic hydroxyl groups is 1. The highest BCUT2D eigenvalue weighted by Crippen LogP contribution is 2.37. The maximum atomic E-state index is 9.39. The zero-order valence-electron chi connectivity index (χ0n) is 15.0. The van der Waals surface area contributed by atoms with Gasteiger partial charge in [-0.2, -0.15) is 0 Å². The van der Waals surface area contributed by atoms with Crippen LogP contribution in [0.4, 0.5) is 0 Å². The van der Waals surface area contributed by atoms with Gasteiger partial charge in [0.1, 0.15) is 6.61 Å². The van der Waals surface area contributed by atoms with Crippen LogP contribution in [0.5, 0.6) is 11.5 Å². The molecule has 0 saturated heterocycles. The summed E-state index contributed by atoms with van der Waals surface area (Å²) >= 11 is 3.60. The van der Waals surface area contributed by atoms with E-state index < -0.39 is 0 Å². The van der Waals surface area contributed by atoms with Crippen LogP contribution >= 0.6 is 15.9 Å². The highest BCUT2D eigenvalue weighted by atomic mass is 79.9. The van der Waals surface area contributed by atoms with Crippen molar-refractivity contribution in [3.63, 3.8) is 0 Å². The van der Waals surface area contributed by atoms with Crippen LogP contribution < -0.4 is 14.8 Å². The summed E-state index contributed by atoms with van der Waals surface area (Å²) in [5.74, 6) is 1.42. The Labute approximate surface area is 158 Å². The van der Waals surface area contributed by atoms with Crippen LogP contribution in [0.1, 0.15) is 30.0 Å². The number of benzene rings is 2. The van der Waals surface area contributed by atoms with Crippen molar-refractivity contribution in [3.8, 4) is 11.5 Å². The average Bonchev–Trinajstić information content (AvgIpc) is 2.62. The van der Waals surface area contributed by atoms with Gasteiger partial charge >= 0.3 is 0 Å². The Morgan fingerprint density at radius 3 is 2.68 bits per heavy atom. The van der Waals surface area contributed by atoms with E-state index in [9.17, 15) is 5.11 Å². The lowest BCUT2D eigenvalue weighted by Gasteiger charge is -2.19. The first-order valence-corrected chi connectivity index (χ1v) is 9.26. The lowest BCUT2D eigenvalue weighted by Crippen LogP contribution is -2.31. The van der Waals surface area contributed by atoms with E-state index in [1.807, 2.05) is 31.2 Å². The summed E-state index contributed by atoms with van der Waals surface area (Å²) in [4.78, 5) is 0. The Hall–Kier alpha value is -1.56. The summed E-state index contributed by atoms with van der Waals surface area (Å²) in [6.45, 7) is 5.28. The molecule has 4 nitrogen and oxygen atoms in total. The lowest BCUT2D eigenvalue weighted by atomic mass is 10.1. The number of hydrogen-bond acceptors (Lipinski definition) is 4. The summed E-state index contributed by atoms with van der Waals surface area (Å²) < 4.78 is 12.6. The molecule has 136 valence electrons. The van der Waals surface area contributed by atoms with Gasteiger partial charge in [0.25, 0.3) is 0 Å². The third kappa shape index (κ3) is 5.46. The van der Waals surface area contributed by atoms with Crippen molar-refractivity contribution < 1.29 is 14.6 Å². The van der Waals surface area contributed by atoms with E-state index >= 15 is 0 Å². The SMILES string of the molecule is CCC(CO)NCc1c(Br)ccc(OC)c1OCc1cccc(C)c1. The molecule has 0 aliphatic heterocycles. The van der Waals surface area contributed by atoms with Gasteiger partial charge in [-0.25, -0.2) is 0 Å². The van der Waals surface area contributed by atoms with Crippen LogP contribution in [-0.2, 0) is 13.2 Å². The fraction of sp³-hybridized carbons (Fsp3) is 0.400. The first-order chi connectivity index (χ1) is 12.1. The van der Waals surface area contributed by atoms with Gasteiger partial charge in [0.15, 0.2) is 11.5 Å². The van der Waals surface area contributed by atoms with Gasteiger partial charge in [-0.05, 0) is 31.0 Å². The molecule has 2 N–H and O–H groups in total. The Morgan fingerprint density at radius 2 is 2.04 bits per heavy atom. The fourth-order valence-corrected chi connectivity index (χ4v) is 3.06. The summed E-state index contributed by atoms with van der Waals surface area (Å²) in [6.07, 6.45) is 0.859. The minimum absolute atomic E-state index is 0.0581. The molecule has 2 aromatic rings. The van der Waals surface area contributed by atoms with Crippen molar-refractivity contribution >= 4 is 15.9 Å². The minimum atomic E-state index is 0.0581. The Bertz CT molecular complexity index is 687. The topological polar surface area (TPSA) is 50.7 Å². The molecule has 0 bridgehead atoms. The first kappa shape index (κ1) is 19.8. The van der Waals surface area contributed by atoms with E-state index in [2.05, 4.69) is 40.3 Å². The molecule has 0 radical (unpaired) electrons. The van der Waals surface area contributed by atoms with Crippen LogP contribution in [0.3, 0.4) is 0 Å². The second-order valence-electron chi connectivity index (χ2n) is 6.00. The summed E-state index contributed by atoms with van der Waals surface area (Å²) in [6, 6.07) is 12.2. The second kappa shape index (κ2) is 9.80. The number of aliphatic hydroxyl groups excluding tert-OH is 1. The first-order valence-electron chi connectivity index (χ1n) is 8.47. The van der Waals surface area contributed by atoms with Gasteiger partial charge in [-0.3, -0.25) is 0 Å². The number of methoxy groups -OCH3 is 1. The number of hydrogen-bond donors (Lipinski definition) is 2. The highest BCUT2D eigenvalue weighted by molar-refractivity contribution is 9.10. The maximum Gasteiger partial charge on any atom is 0.167 e. The van der Waals surface area contributed by atoms with E-state index in [0.29, 0.717) is 18.9 Å². The molecule has 0 aliphatic carbocycles. The lowest BCUT2D eigenvalue weighted by molar-refractivity contribution is 0.236. The molecular weight excluding hydrogens is 382 g/mol. The van der Waals surface area contributed by atoms with Gasteiger partial charge in [0, 0.05) is 22.6 Å². The molecule has 1 unspecified atom stereocenters. The summed E-state index contributed by atoms with van der Waals surface area (Å²) in [5.41, 5.74) is 3.31. The van der Waals surface area contributed by atoms with Crippen LogP contribution in [0.15, 0.2) is 40.9 Å². The van der Waals surface area contributed by atoms with Crippen molar-refractivity contribution in [1.29, 1.82) is 0 Å². The van der Waals surface area contributed by atoms with E-state index in [0.717, 1.165) is 27.8 Å². The van der Waals surface area contributed by atoms with E-state index in [1.165, 1.54) is 5.56 Å². The molecule has 0 aliphatic rings. The predicted molar refractivity (Wildman–Crippen MR) is 104 cm³/mol. The molecule has 0 saturated carbocycles. The molecule has 1 atom stereocenters. The quantitative estimate of drug-likeness (QED) is 0.653. The van der Waals surface area contributed by atoms with Crippen LogP contribution in [0.2, 0.25) is 0 Å². The number of rotatable bonds is 9. The van der Waals surface area contributed by atoms with Gasteiger partial charge in [-0.15, -0.1) is 0 Å². The normalized spacial score (nSPS) is 12.0. The van der Waals surface area contributed by atoms with E-state index in [4.69, 9.17) is 9.47 Å². The molecule has 0 spiro atoms. The van der Waals surface area contributed by atoms with Gasteiger partial charge in [0.2, 0.25) is 0 Å². The van der Waals surface area contributed by atoms with Crippen LogP contribution in [0.25, 0.3) is 0 Å². The molecule has 2 aromatic carbocycles. The summed E-state index contributed by atoms with van der Waals surface area (Å²) in [7, 11) is 1.64. The molecular formula is C20H26BrNO3. The Balaban J connectivity index is 2.22. The van der Waals surface area contributed by atoms with Crippen molar-refractivity contribution in [2.45, 2.75) is 39.5 Å². The highest BCUT2D eigenvalue weighted by Gasteiger charge is 2.16. The standard InChI is InChI=1S/C20H26BrNO3/c1-4-16(12-23)22-11-17-18(21)8-9-19(24-3)20(17)25-13-15-7-5-6-14(2)10-15/h5-10,16,22-23H,4,11-13H2,1-3H3. The summed E-state index contributed by atoms with van der Waals surface area (Å²) in [5, 5.41) is 12.8. The smallest absolute Gasteiger partial charge is 0.167 e. The van der Waals surface area contributed by atoms with E-state index in [1.54, 1.807) is 7.11 Å². The fourth-order valence-electron chi connectivity index (χ4n) is 2.61. The van der Waals surface area contributed by atoms with Crippen molar-refractivity contribution in [2.75, 3.05) is 13.7 Å². The third-order valence-corrected chi connectivity index (χ3v) is 4.88. The van der Waals surface area contributed by atoms with Crippen molar-refractivity contribution in [3.05, 3.63) is 57.6 Å². The van der Waals surface area contributed by atoms with E-state index in [-0.39, 0.29) is 12.6 Å². The molecule has 0 amide bonds. The molecule has 0 fully saturated rings. The van der Waals surface area contributed by atoms with Gasteiger partial charge < -0.3 is 19.9 Å². The predicted octanol–water partition coefficient (Wildman–Crippen LogP) is 4.21. The average molecular weight is 408 g/mol. The van der Waals surface area contributed by atoms with Crippen LogP contribution in [0, 0.1) is 6.92 Å². The largest absolute Gasteiger partial charge is 0.493 e. The molecule has 0 aromatic heterocycles. The van der Waals surface area contributed by atoms with Gasteiger partial charge in [-0.1, -0.05) is 52.7 Å². The zero-order valence-corrected chi connectivity index (χ0v) is 16.6. The number of nitrogens with one attached hydrogen (secondary N) is 1. The molecule has 0 heterocycles. The monoisotopic (exact) mass is 407 g/mol. The Kier molecular flexibility index (Phi) is 7.75.